The van der Waals surface area contributed by atoms with E-state index >= 15 is 0 Å². The molecule has 1 unspecified atom stereocenters. The van der Waals surface area contributed by atoms with Gasteiger partial charge in [0.2, 0.25) is 10.0 Å². The molecule has 1 atom stereocenters. The first kappa shape index (κ1) is 16.9. The van der Waals surface area contributed by atoms with Crippen LogP contribution in [0.4, 0.5) is 0 Å². The number of ether oxygens (including phenoxy) is 1. The third kappa shape index (κ3) is 7.87. The lowest BCUT2D eigenvalue weighted by molar-refractivity contribution is 0.116. The Morgan fingerprint density at radius 2 is 2.00 bits per heavy atom. The van der Waals surface area contributed by atoms with E-state index in [1.54, 1.807) is 0 Å². The van der Waals surface area contributed by atoms with Crippen LogP contribution in [0.15, 0.2) is 0 Å². The highest BCUT2D eigenvalue weighted by Gasteiger charge is 2.22. The van der Waals surface area contributed by atoms with Gasteiger partial charge in [0.25, 0.3) is 0 Å². The molecular weight excluding hydrogens is 264 g/mol. The highest BCUT2D eigenvalue weighted by molar-refractivity contribution is 7.89. The average molecular weight is 292 g/mol. The van der Waals surface area contributed by atoms with Crippen molar-refractivity contribution in [1.82, 2.24) is 10.0 Å². The first-order valence-corrected chi connectivity index (χ1v) is 8.91. The molecule has 1 rings (SSSR count). The molecule has 0 aromatic heterocycles. The van der Waals surface area contributed by atoms with E-state index in [4.69, 9.17) is 4.74 Å². The van der Waals surface area contributed by atoms with Gasteiger partial charge in [-0.25, -0.2) is 13.1 Å². The third-order valence-corrected chi connectivity index (χ3v) is 4.73. The van der Waals surface area contributed by atoms with E-state index in [1.807, 2.05) is 20.8 Å². The molecule has 0 amide bonds. The largest absolute Gasteiger partial charge is 0.380 e. The van der Waals surface area contributed by atoms with Crippen LogP contribution in [-0.2, 0) is 14.8 Å². The number of nitrogens with one attached hydrogen (secondary N) is 2. The van der Waals surface area contributed by atoms with Gasteiger partial charge < -0.3 is 10.1 Å². The maximum Gasteiger partial charge on any atom is 0.211 e. The minimum atomic E-state index is -3.20. The van der Waals surface area contributed by atoms with Crippen LogP contribution in [-0.4, -0.2) is 46.0 Å². The molecule has 0 radical (unpaired) electrons. The van der Waals surface area contributed by atoms with Crippen LogP contribution in [0.25, 0.3) is 0 Å². The fourth-order valence-electron chi connectivity index (χ4n) is 1.75. The van der Waals surface area contributed by atoms with Gasteiger partial charge in [-0.1, -0.05) is 13.8 Å². The van der Waals surface area contributed by atoms with Crippen LogP contribution in [0.1, 0.15) is 40.0 Å². The monoisotopic (exact) mass is 292 g/mol. The van der Waals surface area contributed by atoms with Gasteiger partial charge in [-0.2, -0.15) is 0 Å². The first-order valence-electron chi connectivity index (χ1n) is 7.25. The van der Waals surface area contributed by atoms with Crippen molar-refractivity contribution in [3.8, 4) is 0 Å². The van der Waals surface area contributed by atoms with E-state index in [0.29, 0.717) is 25.7 Å². The van der Waals surface area contributed by atoms with Gasteiger partial charge in [0, 0.05) is 18.7 Å². The lowest BCUT2D eigenvalue weighted by Crippen LogP contribution is -2.43. The van der Waals surface area contributed by atoms with Crippen molar-refractivity contribution >= 4 is 10.0 Å². The Balaban J connectivity index is 2.27. The highest BCUT2D eigenvalue weighted by Crippen LogP contribution is 2.18. The van der Waals surface area contributed by atoms with E-state index in [2.05, 4.69) is 10.0 Å². The zero-order chi connectivity index (χ0) is 14.3. The fraction of sp³-hybridized carbons (Fsp3) is 1.00. The van der Waals surface area contributed by atoms with Crippen molar-refractivity contribution in [2.24, 2.45) is 5.92 Å². The lowest BCUT2D eigenvalue weighted by Gasteiger charge is -2.22. The summed E-state index contributed by atoms with van der Waals surface area (Å²) in [5, 5.41) is 3.32. The van der Waals surface area contributed by atoms with Crippen molar-refractivity contribution in [3.63, 3.8) is 0 Å². The molecule has 0 bridgehead atoms. The van der Waals surface area contributed by atoms with Crippen LogP contribution in [0, 0.1) is 5.92 Å². The second kappa shape index (κ2) is 8.19. The molecule has 1 aliphatic carbocycles. The second-order valence-electron chi connectivity index (χ2n) is 5.53. The van der Waals surface area contributed by atoms with E-state index in [9.17, 15) is 8.42 Å². The maximum atomic E-state index is 12.0. The van der Waals surface area contributed by atoms with Crippen LogP contribution in [0.2, 0.25) is 0 Å². The molecule has 19 heavy (non-hydrogen) atoms. The molecule has 114 valence electrons. The summed E-state index contributed by atoms with van der Waals surface area (Å²) in [7, 11) is -3.20. The summed E-state index contributed by atoms with van der Waals surface area (Å²) in [5.74, 6) is 0.410. The summed E-state index contributed by atoms with van der Waals surface area (Å²) in [6.45, 7) is 7.74. The van der Waals surface area contributed by atoms with Gasteiger partial charge in [0.15, 0.2) is 0 Å². The standard InChI is InChI=1S/C13H28N2O3S/c1-4-18-10-13(11(2)3)15-19(16,17)9-5-8-14-12-6-7-12/h11-15H,4-10H2,1-3H3. The molecule has 1 aliphatic rings. The zero-order valence-electron chi connectivity index (χ0n) is 12.3. The van der Waals surface area contributed by atoms with Crippen LogP contribution < -0.4 is 10.0 Å². The van der Waals surface area contributed by atoms with Crippen LogP contribution in [0.3, 0.4) is 0 Å². The molecule has 0 aliphatic heterocycles. The number of hydrogen-bond acceptors (Lipinski definition) is 4. The topological polar surface area (TPSA) is 67.4 Å². The Bertz CT molecular complexity index is 340. The third-order valence-electron chi connectivity index (χ3n) is 3.24. The van der Waals surface area contributed by atoms with E-state index in [0.717, 1.165) is 6.54 Å². The molecule has 0 aromatic rings. The molecule has 5 nitrogen and oxygen atoms in total. The molecule has 1 fully saturated rings. The summed E-state index contributed by atoms with van der Waals surface area (Å²) in [6, 6.07) is 0.498. The predicted octanol–water partition coefficient (Wildman–Crippen LogP) is 1.11. The highest BCUT2D eigenvalue weighted by atomic mass is 32.2. The van der Waals surface area contributed by atoms with Gasteiger partial charge in [0.05, 0.1) is 12.4 Å². The lowest BCUT2D eigenvalue weighted by atomic mass is 10.1. The molecule has 0 saturated heterocycles. The molecule has 2 N–H and O–H groups in total. The van der Waals surface area contributed by atoms with Gasteiger partial charge >= 0.3 is 0 Å². The molecule has 1 saturated carbocycles. The van der Waals surface area contributed by atoms with E-state index < -0.39 is 10.0 Å². The molecule has 0 aromatic carbocycles. The Morgan fingerprint density at radius 1 is 1.32 bits per heavy atom. The smallest absolute Gasteiger partial charge is 0.211 e. The second-order valence-corrected chi connectivity index (χ2v) is 7.40. The Hall–Kier alpha value is -0.170. The van der Waals surface area contributed by atoms with E-state index in [1.165, 1.54) is 12.8 Å². The molecule has 6 heteroatoms. The number of sulfonamides is 1. The van der Waals surface area contributed by atoms with Gasteiger partial charge in [-0.3, -0.25) is 0 Å². The van der Waals surface area contributed by atoms with Crippen molar-refractivity contribution < 1.29 is 13.2 Å². The molecule has 0 heterocycles. The summed E-state index contributed by atoms with van der Waals surface area (Å²) >= 11 is 0. The van der Waals surface area contributed by atoms with Gasteiger partial charge in [-0.15, -0.1) is 0 Å². The van der Waals surface area contributed by atoms with Crippen molar-refractivity contribution in [2.75, 3.05) is 25.5 Å². The minimum absolute atomic E-state index is 0.138. The summed E-state index contributed by atoms with van der Waals surface area (Å²) in [4.78, 5) is 0. The minimum Gasteiger partial charge on any atom is -0.380 e. The van der Waals surface area contributed by atoms with Crippen molar-refractivity contribution in [2.45, 2.75) is 52.1 Å². The van der Waals surface area contributed by atoms with Gasteiger partial charge in [0.1, 0.15) is 0 Å². The Labute approximate surface area is 117 Å². The first-order chi connectivity index (χ1) is 8.94. The zero-order valence-corrected chi connectivity index (χ0v) is 13.1. The SMILES string of the molecule is CCOCC(NS(=O)(=O)CCCNC1CC1)C(C)C. The predicted molar refractivity (Wildman–Crippen MR) is 77.7 cm³/mol. The maximum absolute atomic E-state index is 12.0. The van der Waals surface area contributed by atoms with Gasteiger partial charge in [-0.05, 0) is 38.6 Å². The Kier molecular flexibility index (Phi) is 7.28. The number of hydrogen-bond donors (Lipinski definition) is 2. The van der Waals surface area contributed by atoms with Crippen molar-refractivity contribution in [3.05, 3.63) is 0 Å². The normalized spacial score (nSPS) is 17.9. The Morgan fingerprint density at radius 3 is 2.53 bits per heavy atom. The quantitative estimate of drug-likeness (QED) is 0.560. The average Bonchev–Trinajstić information content (AvgIpc) is 3.14. The van der Waals surface area contributed by atoms with Crippen LogP contribution in [0.5, 0.6) is 0 Å². The summed E-state index contributed by atoms with van der Waals surface area (Å²) in [5.41, 5.74) is 0. The summed E-state index contributed by atoms with van der Waals surface area (Å²) in [6.07, 6.45) is 3.12. The fourth-order valence-corrected chi connectivity index (χ4v) is 3.20. The van der Waals surface area contributed by atoms with Crippen LogP contribution >= 0.6 is 0 Å². The number of rotatable bonds is 11. The molecular formula is C13H28N2O3S. The summed E-state index contributed by atoms with van der Waals surface area (Å²) < 4.78 is 32.0. The van der Waals surface area contributed by atoms with Crippen molar-refractivity contribution in [1.29, 1.82) is 0 Å². The molecule has 0 spiro atoms. The van der Waals surface area contributed by atoms with E-state index in [-0.39, 0.29) is 17.7 Å².